The molecule has 13 nitrogen and oxygen atoms in total. The molecule has 0 radical (unpaired) electrons. The Hall–Kier alpha value is -3.88. The summed E-state index contributed by atoms with van der Waals surface area (Å²) in [6.07, 6.45) is 3.25. The lowest BCUT2D eigenvalue weighted by Crippen LogP contribution is -2.48. The number of likely N-dealkylation sites (N-methyl/N-ethyl adjacent to an activating group) is 1. The lowest BCUT2D eigenvalue weighted by Gasteiger charge is -2.31. The van der Waals surface area contributed by atoms with Gasteiger partial charge in [0.1, 0.15) is 0 Å². The SMILES string of the molecule is COC(=O)c1c(C)[nH]c2c(OC(=O)N3CCN(C)CC3)cc3c(c12)[C@H](CBr)CN3C(=O)C1=CC2C=C(OC)C(OC)=C(OC)C2N1.Cl. The van der Waals surface area contributed by atoms with Crippen LogP contribution in [0.15, 0.2) is 41.2 Å². The Kier molecular flexibility index (Phi) is 10.0. The van der Waals surface area contributed by atoms with Crippen LogP contribution >= 0.6 is 28.3 Å². The highest BCUT2D eigenvalue weighted by atomic mass is 79.9. The van der Waals surface area contributed by atoms with Gasteiger partial charge in [-0.05, 0) is 31.7 Å². The molecule has 1 fully saturated rings. The van der Waals surface area contributed by atoms with Gasteiger partial charge < -0.3 is 48.7 Å². The number of halogens is 2. The first kappa shape index (κ1) is 34.5. The number of carbonyl (C=O) groups is 3. The molecule has 2 unspecified atom stereocenters. The van der Waals surface area contributed by atoms with E-state index in [1.165, 1.54) is 14.2 Å². The molecule has 4 heterocycles. The smallest absolute Gasteiger partial charge is 0.415 e. The van der Waals surface area contributed by atoms with Crippen molar-refractivity contribution < 1.29 is 38.1 Å². The number of carbonyl (C=O) groups excluding carboxylic acids is 3. The number of methoxy groups -OCH3 is 4. The molecule has 6 rings (SSSR count). The number of hydrogen-bond acceptors (Lipinski definition) is 10. The molecule has 254 valence electrons. The molecule has 2 N–H and O–H groups in total. The third kappa shape index (κ3) is 5.80. The van der Waals surface area contributed by atoms with Crippen molar-refractivity contribution in [2.75, 3.05) is 78.4 Å². The zero-order valence-corrected chi connectivity index (χ0v) is 29.5. The molecule has 0 bridgehead atoms. The average molecular weight is 737 g/mol. The molecule has 1 aromatic heterocycles. The van der Waals surface area contributed by atoms with Crippen LogP contribution < -0.4 is 15.0 Å². The van der Waals surface area contributed by atoms with Crippen molar-refractivity contribution in [1.82, 2.24) is 20.1 Å². The first-order chi connectivity index (χ1) is 22.1. The standard InChI is InChI=1S/C32H38BrN5O8.ClH/c1-16-23(31(40)45-6)25-24-18(14-33)15-38(20(24)13-21(27(25)34-16)46-32(41)37-9-7-36(2)8-10-37)30(39)19-11-17-12-22(42-3)28(43-4)29(44-5)26(17)35-19;/h11-13,17-18,26,34-35H,7-10,14-15H2,1-6H3;1H/t17?,18-,26?;/m1./s1. The van der Waals surface area contributed by atoms with Crippen LogP contribution in [-0.2, 0) is 23.7 Å². The van der Waals surface area contributed by atoms with E-state index in [-0.39, 0.29) is 41.9 Å². The van der Waals surface area contributed by atoms with Crippen molar-refractivity contribution >= 4 is 62.9 Å². The minimum Gasteiger partial charge on any atom is -0.495 e. The fourth-order valence-corrected chi connectivity index (χ4v) is 7.32. The number of piperazine rings is 1. The van der Waals surface area contributed by atoms with Gasteiger partial charge in [0.05, 0.1) is 56.9 Å². The van der Waals surface area contributed by atoms with Crippen LogP contribution in [0.4, 0.5) is 10.5 Å². The topological polar surface area (TPSA) is 135 Å². The summed E-state index contributed by atoms with van der Waals surface area (Å²) in [5.41, 5.74) is 3.14. The van der Waals surface area contributed by atoms with E-state index in [1.54, 1.807) is 37.0 Å². The number of benzene rings is 1. The number of amides is 2. The Morgan fingerprint density at radius 3 is 2.36 bits per heavy atom. The van der Waals surface area contributed by atoms with Crippen molar-refractivity contribution in [1.29, 1.82) is 0 Å². The van der Waals surface area contributed by atoms with E-state index >= 15 is 0 Å². The van der Waals surface area contributed by atoms with E-state index in [4.69, 9.17) is 23.7 Å². The van der Waals surface area contributed by atoms with E-state index in [0.29, 0.717) is 75.8 Å². The molecule has 0 saturated carbocycles. The fraction of sp³-hybridized carbons (Fsp3) is 0.469. The number of anilines is 1. The number of nitrogens with one attached hydrogen (secondary N) is 2. The molecule has 2 amide bonds. The van der Waals surface area contributed by atoms with E-state index < -0.39 is 12.1 Å². The Balaban J connectivity index is 0.00000433. The van der Waals surface area contributed by atoms with Crippen LogP contribution in [0.5, 0.6) is 5.75 Å². The number of nitrogens with zero attached hydrogens (tertiary/aromatic N) is 3. The van der Waals surface area contributed by atoms with Gasteiger partial charge in [-0.25, -0.2) is 9.59 Å². The van der Waals surface area contributed by atoms with E-state index in [2.05, 4.69) is 31.1 Å². The maximum Gasteiger partial charge on any atom is 0.415 e. The van der Waals surface area contributed by atoms with Gasteiger partial charge in [-0.2, -0.15) is 0 Å². The number of hydrogen-bond donors (Lipinski definition) is 2. The van der Waals surface area contributed by atoms with Gasteiger partial charge in [0.2, 0.25) is 5.76 Å². The summed E-state index contributed by atoms with van der Waals surface area (Å²) in [7, 11) is 7.98. The zero-order valence-electron chi connectivity index (χ0n) is 27.1. The lowest BCUT2D eigenvalue weighted by atomic mass is 9.94. The summed E-state index contributed by atoms with van der Waals surface area (Å²) in [5, 5.41) is 4.43. The highest BCUT2D eigenvalue weighted by molar-refractivity contribution is 9.09. The third-order valence-electron chi connectivity index (χ3n) is 9.13. The number of esters is 1. The molecule has 4 aliphatic rings. The lowest BCUT2D eigenvalue weighted by molar-refractivity contribution is -0.115. The first-order valence-corrected chi connectivity index (χ1v) is 16.1. The minimum absolute atomic E-state index is 0. The van der Waals surface area contributed by atoms with Crippen molar-refractivity contribution in [3.05, 3.63) is 58.0 Å². The summed E-state index contributed by atoms with van der Waals surface area (Å²) < 4.78 is 28.0. The van der Waals surface area contributed by atoms with Gasteiger partial charge >= 0.3 is 12.1 Å². The number of ether oxygens (including phenoxy) is 5. The molecule has 47 heavy (non-hydrogen) atoms. The van der Waals surface area contributed by atoms with Gasteiger partial charge in [0, 0.05) is 67.0 Å². The van der Waals surface area contributed by atoms with E-state index in [9.17, 15) is 14.4 Å². The zero-order chi connectivity index (χ0) is 32.9. The van der Waals surface area contributed by atoms with Crippen molar-refractivity contribution in [3.8, 4) is 5.75 Å². The normalized spacial score (nSPS) is 22.1. The van der Waals surface area contributed by atoms with Crippen LogP contribution in [0.2, 0.25) is 0 Å². The van der Waals surface area contributed by atoms with Crippen LogP contribution in [0.1, 0.15) is 27.5 Å². The number of aromatic nitrogens is 1. The Bertz CT molecular complexity index is 1700. The highest BCUT2D eigenvalue weighted by Gasteiger charge is 2.43. The fourth-order valence-electron chi connectivity index (χ4n) is 6.79. The monoisotopic (exact) mass is 735 g/mol. The maximum absolute atomic E-state index is 14.4. The summed E-state index contributed by atoms with van der Waals surface area (Å²) in [4.78, 5) is 49.6. The Morgan fingerprint density at radius 2 is 1.74 bits per heavy atom. The highest BCUT2D eigenvalue weighted by Crippen LogP contribution is 2.48. The summed E-state index contributed by atoms with van der Waals surface area (Å²) in [5.74, 6) is 0.542. The molecule has 1 aliphatic carbocycles. The molecular weight excluding hydrogens is 698 g/mol. The van der Waals surface area contributed by atoms with Gasteiger partial charge in [0.15, 0.2) is 17.3 Å². The van der Waals surface area contributed by atoms with Crippen molar-refractivity contribution in [2.24, 2.45) is 5.92 Å². The largest absolute Gasteiger partial charge is 0.495 e. The number of fused-ring (bicyclic) bond motifs is 4. The number of aromatic amines is 1. The number of rotatable bonds is 7. The van der Waals surface area contributed by atoms with Gasteiger partial charge in [0.25, 0.3) is 5.91 Å². The predicted octanol–water partition coefficient (Wildman–Crippen LogP) is 3.78. The average Bonchev–Trinajstić information content (AvgIpc) is 3.76. The van der Waals surface area contributed by atoms with Crippen LogP contribution in [0.3, 0.4) is 0 Å². The van der Waals surface area contributed by atoms with Crippen molar-refractivity contribution in [2.45, 2.75) is 18.9 Å². The minimum atomic E-state index is -0.524. The molecule has 3 atom stereocenters. The third-order valence-corrected chi connectivity index (χ3v) is 9.91. The second kappa shape index (κ2) is 13.7. The maximum atomic E-state index is 14.4. The second-order valence-corrected chi connectivity index (χ2v) is 12.4. The van der Waals surface area contributed by atoms with Crippen LogP contribution in [0.25, 0.3) is 10.9 Å². The van der Waals surface area contributed by atoms with Gasteiger partial charge in [-0.1, -0.05) is 15.9 Å². The van der Waals surface area contributed by atoms with Crippen LogP contribution in [-0.4, -0.2) is 112 Å². The second-order valence-electron chi connectivity index (χ2n) is 11.7. The molecule has 0 spiro atoms. The number of alkyl halides is 1. The molecule has 1 saturated heterocycles. The molecule has 15 heteroatoms. The first-order valence-electron chi connectivity index (χ1n) is 15.0. The number of H-pyrrole nitrogens is 1. The van der Waals surface area contributed by atoms with Gasteiger partial charge in [-0.15, -0.1) is 12.4 Å². The van der Waals surface area contributed by atoms with Crippen molar-refractivity contribution in [3.63, 3.8) is 0 Å². The molecule has 1 aromatic carbocycles. The summed E-state index contributed by atoms with van der Waals surface area (Å²) in [6, 6.07) is 1.35. The van der Waals surface area contributed by atoms with E-state index in [0.717, 1.165) is 18.7 Å². The van der Waals surface area contributed by atoms with E-state index in [1.807, 2.05) is 19.2 Å². The Labute approximate surface area is 287 Å². The predicted molar refractivity (Wildman–Crippen MR) is 180 cm³/mol. The Morgan fingerprint density at radius 1 is 1.02 bits per heavy atom. The molecule has 3 aliphatic heterocycles. The number of aryl methyl sites for hydroxylation is 1. The quantitative estimate of drug-likeness (QED) is 0.320. The van der Waals surface area contributed by atoms with Gasteiger partial charge in [-0.3, -0.25) is 4.79 Å². The van der Waals surface area contributed by atoms with Crippen LogP contribution in [0, 0.1) is 12.8 Å². The summed E-state index contributed by atoms with van der Waals surface area (Å²) in [6.45, 7) is 4.63. The molecule has 2 aromatic rings. The summed E-state index contributed by atoms with van der Waals surface area (Å²) >= 11 is 3.64. The molecular formula is C32H39BrClN5O8.